The highest BCUT2D eigenvalue weighted by molar-refractivity contribution is 6.03. The van der Waals surface area contributed by atoms with Crippen molar-refractivity contribution in [3.05, 3.63) is 77.9 Å². The monoisotopic (exact) mass is 391 g/mol. The smallest absolute Gasteiger partial charge is 0.274 e. The minimum Gasteiger partial charge on any atom is -0.368 e. The number of hydrogen-bond acceptors (Lipinski definition) is 5. The topological polar surface area (TPSA) is 61.4 Å². The van der Waals surface area contributed by atoms with Crippen LogP contribution in [0.25, 0.3) is 0 Å². The molecule has 0 radical (unpaired) electrons. The molecule has 1 saturated heterocycles. The van der Waals surface area contributed by atoms with E-state index in [0.717, 1.165) is 26.2 Å². The van der Waals surface area contributed by atoms with Crippen LogP contribution in [0.4, 0.5) is 21.7 Å². The molecule has 7 heteroatoms. The predicted octanol–water partition coefficient (Wildman–Crippen LogP) is 3.50. The number of halogens is 1. The third-order valence-electron chi connectivity index (χ3n) is 4.88. The zero-order chi connectivity index (χ0) is 20.2. The third kappa shape index (κ3) is 4.34. The highest BCUT2D eigenvalue weighted by Crippen LogP contribution is 2.19. The number of aryl methyl sites for hydroxylation is 1. The number of para-hydroxylation sites is 2. The maximum absolute atomic E-state index is 13.8. The van der Waals surface area contributed by atoms with E-state index in [0.29, 0.717) is 11.6 Å². The molecule has 1 aliphatic rings. The van der Waals surface area contributed by atoms with E-state index >= 15 is 0 Å². The number of anilines is 3. The summed E-state index contributed by atoms with van der Waals surface area (Å²) in [7, 11) is 0. The largest absolute Gasteiger partial charge is 0.368 e. The van der Waals surface area contributed by atoms with Gasteiger partial charge in [-0.3, -0.25) is 4.79 Å². The van der Waals surface area contributed by atoms with Crippen molar-refractivity contribution in [1.29, 1.82) is 0 Å². The molecular weight excluding hydrogens is 369 g/mol. The Labute approximate surface area is 169 Å². The summed E-state index contributed by atoms with van der Waals surface area (Å²) >= 11 is 0. The SMILES string of the molecule is Cc1cc(C(=O)Nc2ccccc2F)nc(N2CCN(c3ccccc3)CC2)n1. The summed E-state index contributed by atoms with van der Waals surface area (Å²) in [6.07, 6.45) is 0. The van der Waals surface area contributed by atoms with Gasteiger partial charge in [0.1, 0.15) is 11.5 Å². The first-order chi connectivity index (χ1) is 14.1. The Hall–Kier alpha value is -3.48. The van der Waals surface area contributed by atoms with Crippen molar-refractivity contribution >= 4 is 23.2 Å². The van der Waals surface area contributed by atoms with E-state index in [1.54, 1.807) is 18.2 Å². The first kappa shape index (κ1) is 18.9. The third-order valence-corrected chi connectivity index (χ3v) is 4.88. The van der Waals surface area contributed by atoms with Gasteiger partial charge in [-0.25, -0.2) is 14.4 Å². The maximum atomic E-state index is 13.8. The first-order valence-electron chi connectivity index (χ1n) is 9.57. The Morgan fingerprint density at radius 1 is 0.931 bits per heavy atom. The second-order valence-corrected chi connectivity index (χ2v) is 6.94. The zero-order valence-electron chi connectivity index (χ0n) is 16.2. The molecule has 1 aliphatic heterocycles. The molecule has 148 valence electrons. The molecule has 6 nitrogen and oxygen atoms in total. The number of nitrogens with zero attached hydrogens (tertiary/aromatic N) is 4. The second-order valence-electron chi connectivity index (χ2n) is 6.94. The Morgan fingerprint density at radius 3 is 2.31 bits per heavy atom. The number of nitrogens with one attached hydrogen (secondary N) is 1. The minimum atomic E-state index is -0.483. The van der Waals surface area contributed by atoms with E-state index in [-0.39, 0.29) is 11.4 Å². The number of carbonyl (C=O) groups is 1. The van der Waals surface area contributed by atoms with Gasteiger partial charge in [0.2, 0.25) is 5.95 Å². The number of piperazine rings is 1. The van der Waals surface area contributed by atoms with Gasteiger partial charge in [0.05, 0.1) is 5.69 Å². The number of rotatable bonds is 4. The molecule has 0 unspecified atom stereocenters. The van der Waals surface area contributed by atoms with Gasteiger partial charge < -0.3 is 15.1 Å². The second kappa shape index (κ2) is 8.26. The van der Waals surface area contributed by atoms with Crippen LogP contribution in [0.2, 0.25) is 0 Å². The van der Waals surface area contributed by atoms with E-state index in [1.165, 1.54) is 17.8 Å². The molecule has 1 amide bonds. The van der Waals surface area contributed by atoms with E-state index in [9.17, 15) is 9.18 Å². The van der Waals surface area contributed by atoms with Crippen molar-refractivity contribution in [1.82, 2.24) is 9.97 Å². The lowest BCUT2D eigenvalue weighted by Gasteiger charge is -2.36. The number of hydrogen-bond donors (Lipinski definition) is 1. The van der Waals surface area contributed by atoms with Gasteiger partial charge >= 0.3 is 0 Å². The van der Waals surface area contributed by atoms with E-state index in [1.807, 2.05) is 25.1 Å². The molecule has 2 aromatic carbocycles. The fraction of sp³-hybridized carbons (Fsp3) is 0.227. The standard InChI is InChI=1S/C22H22FN5O/c1-16-15-20(21(29)25-19-10-6-5-9-18(19)23)26-22(24-16)28-13-11-27(12-14-28)17-7-3-2-4-8-17/h2-10,15H,11-14H2,1H3,(H,25,29). The van der Waals surface area contributed by atoms with Crippen molar-refractivity contribution in [2.24, 2.45) is 0 Å². The van der Waals surface area contributed by atoms with Gasteiger partial charge in [-0.05, 0) is 37.3 Å². The van der Waals surface area contributed by atoms with Crippen LogP contribution < -0.4 is 15.1 Å². The van der Waals surface area contributed by atoms with Crippen LogP contribution in [0.5, 0.6) is 0 Å². The molecule has 0 aliphatic carbocycles. The summed E-state index contributed by atoms with van der Waals surface area (Å²) in [6.45, 7) is 5.03. The van der Waals surface area contributed by atoms with Gasteiger partial charge in [-0.1, -0.05) is 30.3 Å². The van der Waals surface area contributed by atoms with Crippen LogP contribution in [-0.4, -0.2) is 42.1 Å². The molecule has 2 heterocycles. The van der Waals surface area contributed by atoms with Crippen molar-refractivity contribution in [2.75, 3.05) is 41.3 Å². The Morgan fingerprint density at radius 2 is 1.59 bits per heavy atom. The average Bonchev–Trinajstić information content (AvgIpc) is 2.75. The van der Waals surface area contributed by atoms with Gasteiger partial charge in [-0.15, -0.1) is 0 Å². The fourth-order valence-electron chi connectivity index (χ4n) is 3.36. The Kier molecular flexibility index (Phi) is 5.37. The Bertz CT molecular complexity index is 1000. The molecule has 1 aromatic heterocycles. The fourth-order valence-corrected chi connectivity index (χ4v) is 3.36. The maximum Gasteiger partial charge on any atom is 0.274 e. The molecule has 1 fully saturated rings. The highest BCUT2D eigenvalue weighted by Gasteiger charge is 2.21. The van der Waals surface area contributed by atoms with E-state index in [4.69, 9.17) is 0 Å². The zero-order valence-corrected chi connectivity index (χ0v) is 16.2. The molecule has 0 bridgehead atoms. The molecule has 3 aromatic rings. The predicted molar refractivity (Wildman–Crippen MR) is 112 cm³/mol. The lowest BCUT2D eigenvalue weighted by molar-refractivity contribution is 0.102. The molecule has 29 heavy (non-hydrogen) atoms. The first-order valence-corrected chi connectivity index (χ1v) is 9.57. The lowest BCUT2D eigenvalue weighted by Crippen LogP contribution is -2.47. The van der Waals surface area contributed by atoms with Crippen molar-refractivity contribution < 1.29 is 9.18 Å². The molecule has 0 atom stereocenters. The van der Waals surface area contributed by atoms with Crippen molar-refractivity contribution in [3.63, 3.8) is 0 Å². The quantitative estimate of drug-likeness (QED) is 0.738. The average molecular weight is 391 g/mol. The van der Waals surface area contributed by atoms with Crippen LogP contribution in [0.15, 0.2) is 60.7 Å². The van der Waals surface area contributed by atoms with Crippen LogP contribution in [-0.2, 0) is 0 Å². The number of aromatic nitrogens is 2. The summed E-state index contributed by atoms with van der Waals surface area (Å²) in [5.41, 5.74) is 2.24. The molecular formula is C22H22FN5O. The lowest BCUT2D eigenvalue weighted by atomic mass is 10.2. The number of carbonyl (C=O) groups excluding carboxylic acids is 1. The molecule has 1 N–H and O–H groups in total. The van der Waals surface area contributed by atoms with Gasteiger partial charge in [0.15, 0.2) is 0 Å². The summed E-state index contributed by atoms with van der Waals surface area (Å²) in [5, 5.41) is 2.58. The van der Waals surface area contributed by atoms with Crippen LogP contribution in [0.1, 0.15) is 16.2 Å². The number of benzene rings is 2. The Balaban J connectivity index is 1.47. The van der Waals surface area contributed by atoms with Gasteiger partial charge in [0, 0.05) is 37.6 Å². The summed E-state index contributed by atoms with van der Waals surface area (Å²) in [6, 6.07) is 18.0. The highest BCUT2D eigenvalue weighted by atomic mass is 19.1. The summed E-state index contributed by atoms with van der Waals surface area (Å²) in [5.74, 6) is -0.412. The molecule has 4 rings (SSSR count). The van der Waals surface area contributed by atoms with Crippen molar-refractivity contribution in [2.45, 2.75) is 6.92 Å². The summed E-state index contributed by atoms with van der Waals surface area (Å²) < 4.78 is 13.8. The van der Waals surface area contributed by atoms with E-state index in [2.05, 4.69) is 37.2 Å². The minimum absolute atomic E-state index is 0.131. The van der Waals surface area contributed by atoms with Crippen LogP contribution in [0, 0.1) is 12.7 Å². The number of amides is 1. The van der Waals surface area contributed by atoms with Gasteiger partial charge in [0.25, 0.3) is 5.91 Å². The van der Waals surface area contributed by atoms with Crippen molar-refractivity contribution in [3.8, 4) is 0 Å². The van der Waals surface area contributed by atoms with E-state index < -0.39 is 11.7 Å². The van der Waals surface area contributed by atoms with Gasteiger partial charge in [-0.2, -0.15) is 0 Å². The molecule has 0 saturated carbocycles. The normalized spacial score (nSPS) is 14.0. The summed E-state index contributed by atoms with van der Waals surface area (Å²) in [4.78, 5) is 25.9. The molecule has 0 spiro atoms. The van der Waals surface area contributed by atoms with Crippen LogP contribution >= 0.6 is 0 Å². The van der Waals surface area contributed by atoms with Crippen LogP contribution in [0.3, 0.4) is 0 Å².